The first-order valence-electron chi connectivity index (χ1n) is 9.27. The van der Waals surface area contributed by atoms with Gasteiger partial charge in [0.2, 0.25) is 5.78 Å². The average Bonchev–Trinajstić information content (AvgIpc) is 3.13. The van der Waals surface area contributed by atoms with E-state index in [0.717, 1.165) is 0 Å². The molecule has 0 fully saturated rings. The van der Waals surface area contributed by atoms with Gasteiger partial charge in [0.15, 0.2) is 5.78 Å². The highest BCUT2D eigenvalue weighted by Crippen LogP contribution is 2.33. The minimum atomic E-state index is -1.38. The highest BCUT2D eigenvalue weighted by atomic mass is 16.4. The molecular weight excluding hydrogens is 398 g/mol. The van der Waals surface area contributed by atoms with Crippen LogP contribution in [0.2, 0.25) is 0 Å². The molecular formula is C23H12N3O5-. The van der Waals surface area contributed by atoms with Crippen molar-refractivity contribution in [1.29, 1.82) is 0 Å². The number of anilines is 1. The fraction of sp³-hybridized carbons (Fsp3) is 0. The largest absolute Gasteiger partial charge is 0.545 e. The minimum absolute atomic E-state index is 0.00902. The van der Waals surface area contributed by atoms with E-state index in [0.29, 0.717) is 5.52 Å². The second-order valence-corrected chi connectivity index (χ2v) is 6.93. The molecule has 1 aromatic carbocycles. The summed E-state index contributed by atoms with van der Waals surface area (Å²) in [5.74, 6) is -2.96. The molecule has 0 saturated heterocycles. The van der Waals surface area contributed by atoms with E-state index >= 15 is 0 Å². The van der Waals surface area contributed by atoms with E-state index < -0.39 is 23.4 Å². The number of pyridine rings is 2. The van der Waals surface area contributed by atoms with Gasteiger partial charge in [-0.05, 0) is 42.0 Å². The van der Waals surface area contributed by atoms with Crippen molar-refractivity contribution in [2.24, 2.45) is 0 Å². The zero-order valence-corrected chi connectivity index (χ0v) is 15.8. The fourth-order valence-electron chi connectivity index (χ4n) is 3.82. The number of hydrogen-bond donors (Lipinski definition) is 1. The molecule has 150 valence electrons. The van der Waals surface area contributed by atoms with E-state index in [9.17, 15) is 24.3 Å². The molecule has 8 heteroatoms. The smallest absolute Gasteiger partial charge is 0.258 e. The molecule has 1 aliphatic carbocycles. The lowest BCUT2D eigenvalue weighted by atomic mass is 9.89. The van der Waals surface area contributed by atoms with E-state index in [1.54, 1.807) is 30.5 Å². The van der Waals surface area contributed by atoms with Crippen molar-refractivity contribution < 1.29 is 24.3 Å². The Balaban J connectivity index is 1.69. The second-order valence-electron chi connectivity index (χ2n) is 6.93. The summed E-state index contributed by atoms with van der Waals surface area (Å²) in [6.07, 6.45) is 3.03. The lowest BCUT2D eigenvalue weighted by Gasteiger charge is -2.15. The number of ketones is 2. The maximum Gasteiger partial charge on any atom is 0.258 e. The van der Waals surface area contributed by atoms with Gasteiger partial charge in [0, 0.05) is 18.1 Å². The monoisotopic (exact) mass is 410 g/mol. The molecule has 5 rings (SSSR count). The van der Waals surface area contributed by atoms with Gasteiger partial charge in [0.05, 0.1) is 28.2 Å². The lowest BCUT2D eigenvalue weighted by molar-refractivity contribution is -0.255. The van der Waals surface area contributed by atoms with Crippen molar-refractivity contribution >= 4 is 34.6 Å². The van der Waals surface area contributed by atoms with Crippen LogP contribution in [0.3, 0.4) is 0 Å². The van der Waals surface area contributed by atoms with Crippen molar-refractivity contribution in [3.8, 4) is 0 Å². The highest BCUT2D eigenvalue weighted by molar-refractivity contribution is 6.32. The Hall–Kier alpha value is -4.59. The number of nitrogens with one attached hydrogen (secondary N) is 1. The number of amides is 1. The van der Waals surface area contributed by atoms with Crippen LogP contribution in [0.15, 0.2) is 67.0 Å². The number of carboxylic acids is 1. The Bertz CT molecular complexity index is 1450. The number of aromatic carboxylic acids is 1. The molecule has 1 aliphatic rings. The molecule has 1 N–H and O–H groups in total. The second kappa shape index (κ2) is 6.74. The predicted molar refractivity (Wildman–Crippen MR) is 107 cm³/mol. The predicted octanol–water partition coefficient (Wildman–Crippen LogP) is 1.73. The number of aromatic nitrogens is 2. The van der Waals surface area contributed by atoms with E-state index in [1.165, 1.54) is 40.9 Å². The number of carboxylic acid groups (broad SMARTS) is 1. The quantitative estimate of drug-likeness (QED) is 0.484. The van der Waals surface area contributed by atoms with Crippen LogP contribution in [0.4, 0.5) is 5.69 Å². The van der Waals surface area contributed by atoms with E-state index in [1.807, 2.05) is 0 Å². The molecule has 0 bridgehead atoms. The zero-order valence-electron chi connectivity index (χ0n) is 15.8. The normalized spacial score (nSPS) is 12.4. The summed E-state index contributed by atoms with van der Waals surface area (Å²) in [4.78, 5) is 54.8. The first-order chi connectivity index (χ1) is 15.0. The molecule has 4 aromatic rings. The van der Waals surface area contributed by atoms with Crippen molar-refractivity contribution in [3.05, 3.63) is 101 Å². The van der Waals surface area contributed by atoms with Crippen LogP contribution in [0.5, 0.6) is 0 Å². The summed E-state index contributed by atoms with van der Waals surface area (Å²) in [6, 6.07) is 13.6. The van der Waals surface area contributed by atoms with Gasteiger partial charge in [0.1, 0.15) is 11.4 Å². The standard InChI is InChI=1S/C23H13N3O5/c27-20-14-7-4-9-24-18(14)21(28)19-17(20)16(15-8-1-2-10-26(15)19)22(29)25-13-6-3-5-12(11-13)23(30)31/h1-11H,(H,25,29)(H,30,31)/p-1. The zero-order chi connectivity index (χ0) is 21.7. The Morgan fingerprint density at radius 3 is 2.61 bits per heavy atom. The van der Waals surface area contributed by atoms with E-state index in [4.69, 9.17) is 0 Å². The van der Waals surface area contributed by atoms with Crippen LogP contribution < -0.4 is 10.4 Å². The Morgan fingerprint density at radius 1 is 0.968 bits per heavy atom. The van der Waals surface area contributed by atoms with Crippen molar-refractivity contribution in [1.82, 2.24) is 9.38 Å². The molecule has 0 saturated carbocycles. The van der Waals surface area contributed by atoms with Gasteiger partial charge in [0.25, 0.3) is 5.91 Å². The van der Waals surface area contributed by atoms with Gasteiger partial charge in [-0.2, -0.15) is 0 Å². The number of carbonyl (C=O) groups is 4. The molecule has 0 unspecified atom stereocenters. The molecule has 0 spiro atoms. The van der Waals surface area contributed by atoms with Crippen molar-refractivity contribution in [2.75, 3.05) is 5.32 Å². The topological polar surface area (TPSA) is 121 Å². The van der Waals surface area contributed by atoms with Gasteiger partial charge in [-0.1, -0.05) is 18.2 Å². The SMILES string of the molecule is O=C([O-])c1cccc(NC(=O)c2c3c(n4ccccc24)C(=O)c2ncccc2C3=O)c1. The van der Waals surface area contributed by atoms with Gasteiger partial charge in [-0.3, -0.25) is 19.4 Å². The Labute approximate surface area is 174 Å². The van der Waals surface area contributed by atoms with E-state index in [2.05, 4.69) is 10.3 Å². The molecule has 0 radical (unpaired) electrons. The molecule has 8 nitrogen and oxygen atoms in total. The van der Waals surface area contributed by atoms with Crippen LogP contribution in [-0.2, 0) is 0 Å². The third-order valence-electron chi connectivity index (χ3n) is 5.14. The molecule has 0 atom stereocenters. The maximum atomic E-state index is 13.3. The summed E-state index contributed by atoms with van der Waals surface area (Å²) in [5.41, 5.74) is 0.740. The number of carbonyl (C=O) groups excluding carboxylic acids is 4. The maximum absolute atomic E-state index is 13.3. The van der Waals surface area contributed by atoms with Crippen LogP contribution in [-0.4, -0.2) is 32.8 Å². The van der Waals surface area contributed by atoms with Gasteiger partial charge >= 0.3 is 0 Å². The van der Waals surface area contributed by atoms with Crippen molar-refractivity contribution in [3.63, 3.8) is 0 Å². The number of hydrogen-bond acceptors (Lipinski definition) is 6. The van der Waals surface area contributed by atoms with Gasteiger partial charge in [-0.15, -0.1) is 0 Å². The van der Waals surface area contributed by atoms with Crippen LogP contribution in [0.1, 0.15) is 52.8 Å². The Morgan fingerprint density at radius 2 is 1.81 bits per heavy atom. The summed E-state index contributed by atoms with van der Waals surface area (Å²) in [5, 5.41) is 13.7. The van der Waals surface area contributed by atoms with E-state index in [-0.39, 0.29) is 39.3 Å². The minimum Gasteiger partial charge on any atom is -0.545 e. The first kappa shape index (κ1) is 18.4. The fourth-order valence-corrected chi connectivity index (χ4v) is 3.82. The molecule has 3 aromatic heterocycles. The number of nitrogens with zero attached hydrogens (tertiary/aromatic N) is 2. The third-order valence-corrected chi connectivity index (χ3v) is 5.14. The number of benzene rings is 1. The molecule has 1 amide bonds. The van der Waals surface area contributed by atoms with Crippen LogP contribution in [0.25, 0.3) is 5.52 Å². The van der Waals surface area contributed by atoms with Crippen LogP contribution >= 0.6 is 0 Å². The Kier molecular flexibility index (Phi) is 4.01. The molecule has 0 aliphatic heterocycles. The highest BCUT2D eigenvalue weighted by Gasteiger charge is 2.38. The van der Waals surface area contributed by atoms with Crippen LogP contribution in [0, 0.1) is 0 Å². The molecule has 3 heterocycles. The van der Waals surface area contributed by atoms with Gasteiger partial charge < -0.3 is 19.6 Å². The third kappa shape index (κ3) is 2.73. The number of rotatable bonds is 3. The lowest BCUT2D eigenvalue weighted by Crippen LogP contribution is -2.25. The summed E-state index contributed by atoms with van der Waals surface area (Å²) in [6.45, 7) is 0. The summed E-state index contributed by atoms with van der Waals surface area (Å²) >= 11 is 0. The van der Waals surface area contributed by atoms with Crippen molar-refractivity contribution in [2.45, 2.75) is 0 Å². The first-order valence-corrected chi connectivity index (χ1v) is 9.27. The summed E-state index contributed by atoms with van der Waals surface area (Å²) < 4.78 is 1.50. The molecule has 31 heavy (non-hydrogen) atoms. The average molecular weight is 410 g/mol. The number of fused-ring (bicyclic) bond motifs is 4. The summed E-state index contributed by atoms with van der Waals surface area (Å²) in [7, 11) is 0. The van der Waals surface area contributed by atoms with Gasteiger partial charge in [-0.25, -0.2) is 0 Å².